The molecule has 0 spiro atoms. The van der Waals surface area contributed by atoms with E-state index in [0.29, 0.717) is 41.1 Å². The molecule has 7 nitrogen and oxygen atoms in total. The Kier molecular flexibility index (Phi) is 9.65. The Hall–Kier alpha value is -2.31. The monoisotopic (exact) mass is 571 g/mol. The van der Waals surface area contributed by atoms with Crippen LogP contribution in [0.1, 0.15) is 101 Å². The van der Waals surface area contributed by atoms with Gasteiger partial charge in [-0.1, -0.05) is 66.5 Å². The van der Waals surface area contributed by atoms with Crippen molar-refractivity contribution in [2.24, 2.45) is 41.4 Å². The molecule has 41 heavy (non-hydrogen) atoms. The molecule has 0 aromatic carbocycles. The van der Waals surface area contributed by atoms with Gasteiger partial charge in [0, 0.05) is 6.08 Å². The summed E-state index contributed by atoms with van der Waals surface area (Å²) in [6, 6.07) is -1.10. The van der Waals surface area contributed by atoms with E-state index in [1.165, 1.54) is 6.08 Å². The maximum absolute atomic E-state index is 14.0. The number of rotatable bonds is 6. The topological polar surface area (TPSA) is 82.1 Å². The fraction of sp³-hybridized carbons (Fsp3) is 0.794. The van der Waals surface area contributed by atoms with Crippen molar-refractivity contribution in [3.8, 4) is 0 Å². The molecule has 0 aromatic rings. The molecule has 1 saturated heterocycles. The summed E-state index contributed by atoms with van der Waals surface area (Å²) >= 11 is 0. The zero-order chi connectivity index (χ0) is 30.2. The number of hydrogen-bond donors (Lipinski definition) is 0. The lowest BCUT2D eigenvalue weighted by Gasteiger charge is -2.37. The van der Waals surface area contributed by atoms with Gasteiger partial charge in [-0.05, 0) is 87.5 Å². The fourth-order valence-corrected chi connectivity index (χ4v) is 7.56. The Morgan fingerprint density at radius 2 is 1.39 bits per heavy atom. The number of carbonyl (C=O) groups is 3. The molecule has 2 aliphatic carbocycles. The molecule has 0 N–H and O–H groups in total. The first-order valence-corrected chi connectivity index (χ1v) is 16.0. The average Bonchev–Trinajstić information content (AvgIpc) is 3.39. The van der Waals surface area contributed by atoms with Crippen LogP contribution in [0.25, 0.3) is 0 Å². The van der Waals surface area contributed by atoms with Crippen LogP contribution in [0.2, 0.25) is 0 Å². The predicted molar refractivity (Wildman–Crippen MR) is 159 cm³/mol. The van der Waals surface area contributed by atoms with Crippen molar-refractivity contribution in [2.75, 3.05) is 0 Å². The number of fused-ring (bicyclic) bond motifs is 2. The van der Waals surface area contributed by atoms with Gasteiger partial charge < -0.3 is 14.2 Å². The van der Waals surface area contributed by atoms with E-state index in [1.807, 2.05) is 32.9 Å². The summed E-state index contributed by atoms with van der Waals surface area (Å²) in [6.07, 6.45) is 10.4. The highest BCUT2D eigenvalue weighted by molar-refractivity contribution is 5.89. The predicted octanol–water partition coefficient (Wildman–Crippen LogP) is 7.09. The maximum Gasteiger partial charge on any atom is 0.411 e. The first-order valence-electron chi connectivity index (χ1n) is 16.0. The smallest absolute Gasteiger partial charge is 0.411 e. The molecule has 1 amide bonds. The summed E-state index contributed by atoms with van der Waals surface area (Å²) in [7, 11) is 0. The van der Waals surface area contributed by atoms with Crippen molar-refractivity contribution in [2.45, 2.75) is 131 Å². The Balaban J connectivity index is 1.61. The second-order valence-electron chi connectivity index (χ2n) is 14.9. The molecular weight excluding hydrogens is 518 g/mol. The van der Waals surface area contributed by atoms with Crippen molar-refractivity contribution in [3.63, 3.8) is 0 Å². The van der Waals surface area contributed by atoms with Gasteiger partial charge >= 0.3 is 18.0 Å². The van der Waals surface area contributed by atoms with Gasteiger partial charge in [0.25, 0.3) is 0 Å². The zero-order valence-electron chi connectivity index (χ0n) is 26.7. The maximum atomic E-state index is 14.0. The molecule has 230 valence electrons. The summed E-state index contributed by atoms with van der Waals surface area (Å²) in [6.45, 7) is 18.6. The van der Waals surface area contributed by atoms with Gasteiger partial charge in [0.05, 0.1) is 12.1 Å². The lowest BCUT2D eigenvalue weighted by atomic mass is 9.75. The van der Waals surface area contributed by atoms with E-state index in [2.05, 4.69) is 41.5 Å². The van der Waals surface area contributed by atoms with Crippen LogP contribution >= 0.6 is 0 Å². The number of esters is 2. The van der Waals surface area contributed by atoms with Crippen molar-refractivity contribution < 1.29 is 28.6 Å². The van der Waals surface area contributed by atoms with Crippen molar-refractivity contribution in [3.05, 3.63) is 23.8 Å². The number of ether oxygens (including phenoxy) is 3. The van der Waals surface area contributed by atoms with Gasteiger partial charge in [-0.15, -0.1) is 0 Å². The van der Waals surface area contributed by atoms with Crippen LogP contribution in [0.3, 0.4) is 0 Å². The normalized spacial score (nSPS) is 36.2. The highest BCUT2D eigenvalue weighted by atomic mass is 16.6. The summed E-state index contributed by atoms with van der Waals surface area (Å²) in [4.78, 5) is 42.3. The first kappa shape index (κ1) is 31.6. The highest BCUT2D eigenvalue weighted by Crippen LogP contribution is 2.44. The van der Waals surface area contributed by atoms with Crippen LogP contribution in [0.15, 0.2) is 23.8 Å². The van der Waals surface area contributed by atoms with E-state index in [0.717, 1.165) is 38.5 Å². The molecule has 4 rings (SSSR count). The molecule has 3 fully saturated rings. The third kappa shape index (κ3) is 7.19. The van der Waals surface area contributed by atoms with Gasteiger partial charge in [-0.3, -0.25) is 9.69 Å². The molecule has 4 aliphatic rings. The SMILES string of the molecule is CC1CCC(C(C)C)C(OC(=O)/C=C2/C(C(=O)O[C@H]3C[C@H](C)CC[C@@H]3C(C)C)C3C=C[C@H]2N3C(=O)OC(C)(C)C)C1. The standard InChI is InChI=1S/C34H53NO6/c1-19(2)23-12-10-21(5)16-28(23)39-30(36)18-25-26-14-15-27(35(26)33(38)41-34(7,8)9)31(25)32(37)40-29-17-22(6)11-13-24(29)20(3)4/h14-15,18-24,26-29,31H,10-13,16-17H2,1-9H3/b25-18+/t21?,22-,23?,24-,26-,27?,28?,29+,31?/m1/s1. The first-order chi connectivity index (χ1) is 19.2. The Morgan fingerprint density at radius 3 is 1.90 bits per heavy atom. The average molecular weight is 572 g/mol. The molecule has 7 heteroatoms. The number of hydrogen-bond acceptors (Lipinski definition) is 6. The van der Waals surface area contributed by atoms with E-state index in [1.54, 1.807) is 4.90 Å². The molecule has 5 unspecified atom stereocenters. The molecule has 0 aromatic heterocycles. The Morgan fingerprint density at radius 1 is 0.854 bits per heavy atom. The molecule has 2 heterocycles. The fourth-order valence-electron chi connectivity index (χ4n) is 7.56. The number of carbonyl (C=O) groups excluding carboxylic acids is 3. The van der Waals surface area contributed by atoms with Crippen molar-refractivity contribution in [1.29, 1.82) is 0 Å². The third-order valence-electron chi connectivity index (χ3n) is 9.75. The Labute approximate surface area is 247 Å². The second kappa shape index (κ2) is 12.5. The Bertz CT molecular complexity index is 1040. The molecule has 9 atom stereocenters. The van der Waals surface area contributed by atoms with E-state index in [4.69, 9.17) is 14.2 Å². The lowest BCUT2D eigenvalue weighted by molar-refractivity contribution is -0.160. The zero-order valence-corrected chi connectivity index (χ0v) is 26.7. The van der Waals surface area contributed by atoms with Gasteiger partial charge in [-0.25, -0.2) is 9.59 Å². The largest absolute Gasteiger partial charge is 0.462 e. The summed E-state index contributed by atoms with van der Waals surface area (Å²) < 4.78 is 18.1. The van der Waals surface area contributed by atoms with Gasteiger partial charge in [0.15, 0.2) is 0 Å². The summed E-state index contributed by atoms with van der Waals surface area (Å²) in [5.41, 5.74) is -0.127. The van der Waals surface area contributed by atoms with E-state index in [9.17, 15) is 14.4 Å². The van der Waals surface area contributed by atoms with Crippen LogP contribution in [0, 0.1) is 41.4 Å². The summed E-state index contributed by atoms with van der Waals surface area (Å²) in [5, 5.41) is 0. The van der Waals surface area contributed by atoms with Gasteiger partial charge in [-0.2, -0.15) is 0 Å². The lowest BCUT2D eigenvalue weighted by Crippen LogP contribution is -2.43. The van der Waals surface area contributed by atoms with E-state index < -0.39 is 35.7 Å². The van der Waals surface area contributed by atoms with Gasteiger partial charge in [0.1, 0.15) is 23.7 Å². The molecule has 2 bridgehead atoms. The quantitative estimate of drug-likeness (QED) is 0.146. The third-order valence-corrected chi connectivity index (χ3v) is 9.75. The summed E-state index contributed by atoms with van der Waals surface area (Å²) in [5.74, 6) is 0.825. The minimum Gasteiger partial charge on any atom is -0.462 e. The highest BCUT2D eigenvalue weighted by Gasteiger charge is 2.54. The van der Waals surface area contributed by atoms with Crippen LogP contribution in [0.4, 0.5) is 4.79 Å². The molecule has 2 saturated carbocycles. The van der Waals surface area contributed by atoms with Crippen molar-refractivity contribution in [1.82, 2.24) is 4.90 Å². The van der Waals surface area contributed by atoms with Crippen LogP contribution < -0.4 is 0 Å². The van der Waals surface area contributed by atoms with Crippen molar-refractivity contribution >= 4 is 18.0 Å². The minimum atomic E-state index is -0.763. The molecular formula is C34H53NO6. The van der Waals surface area contributed by atoms with Crippen LogP contribution in [0.5, 0.6) is 0 Å². The van der Waals surface area contributed by atoms with Crippen LogP contribution in [-0.2, 0) is 23.8 Å². The van der Waals surface area contributed by atoms with Gasteiger partial charge in [0.2, 0.25) is 0 Å². The second-order valence-corrected chi connectivity index (χ2v) is 14.9. The molecule has 0 radical (unpaired) electrons. The van der Waals surface area contributed by atoms with Crippen LogP contribution in [-0.4, -0.2) is 52.8 Å². The van der Waals surface area contributed by atoms with E-state index in [-0.39, 0.29) is 18.2 Å². The molecule has 2 aliphatic heterocycles. The number of nitrogens with zero attached hydrogens (tertiary/aromatic N) is 1. The minimum absolute atomic E-state index is 0.153. The van der Waals surface area contributed by atoms with E-state index >= 15 is 0 Å². The number of amides is 1.